The van der Waals surface area contributed by atoms with Gasteiger partial charge in [0.1, 0.15) is 4.87 Å². The summed E-state index contributed by atoms with van der Waals surface area (Å²) in [4.78, 5) is 19.7. The summed E-state index contributed by atoms with van der Waals surface area (Å²) >= 11 is 23.9. The van der Waals surface area contributed by atoms with Gasteiger partial charge in [-0.1, -0.05) is 30.1 Å². The fourth-order valence-electron chi connectivity index (χ4n) is 2.43. The van der Waals surface area contributed by atoms with Crippen molar-refractivity contribution in [1.29, 1.82) is 0 Å². The number of alkyl halides is 2. The Morgan fingerprint density at radius 3 is 2.06 bits per heavy atom. The predicted octanol–water partition coefficient (Wildman–Crippen LogP) is 2.56. The van der Waals surface area contributed by atoms with Crippen LogP contribution < -0.4 is 0 Å². The van der Waals surface area contributed by atoms with E-state index in [1.807, 2.05) is 0 Å². The van der Waals surface area contributed by atoms with Crippen molar-refractivity contribution in [3.63, 3.8) is 0 Å². The summed E-state index contributed by atoms with van der Waals surface area (Å²) in [5, 5.41) is 8.87. The molecule has 2 rings (SSSR count). The van der Waals surface area contributed by atoms with Crippen molar-refractivity contribution in [2.75, 3.05) is 0 Å². The summed E-state index contributed by atoms with van der Waals surface area (Å²) in [7, 11) is 0. The highest BCUT2D eigenvalue weighted by Gasteiger charge is 2.75. The maximum Gasteiger partial charge on any atom is 0.309 e. The van der Waals surface area contributed by atoms with Gasteiger partial charge in [-0.3, -0.25) is 9.59 Å². The highest BCUT2D eigenvalue weighted by atomic mass is 35.5. The summed E-state index contributed by atoms with van der Waals surface area (Å²) in [6.07, 6.45) is 0. The molecule has 88 valence electrons. The first-order valence-electron chi connectivity index (χ1n) is 4.41. The molecule has 0 aromatic carbocycles. The van der Waals surface area contributed by atoms with Crippen molar-refractivity contribution in [2.24, 2.45) is 11.8 Å². The number of carbonyl (C=O) groups excluding carboxylic acids is 1. The lowest BCUT2D eigenvalue weighted by Crippen LogP contribution is -2.40. The summed E-state index contributed by atoms with van der Waals surface area (Å²) in [5.74, 6) is -3.71. The van der Waals surface area contributed by atoms with Crippen LogP contribution in [0.3, 0.4) is 0 Å². The zero-order valence-electron chi connectivity index (χ0n) is 7.93. The number of allylic oxidation sites excluding steroid dienone is 2. The van der Waals surface area contributed by atoms with Crippen LogP contribution in [-0.4, -0.2) is 26.6 Å². The Hall–Kier alpha value is 0.0400. The lowest BCUT2D eigenvalue weighted by Gasteiger charge is -2.30. The highest BCUT2D eigenvalue weighted by Crippen LogP contribution is 2.65. The first kappa shape index (κ1) is 12.5. The fraction of sp³-hybridized carbons (Fsp3) is 0.556. The molecular formula is C9H6Cl4O3. The van der Waals surface area contributed by atoms with E-state index in [9.17, 15) is 9.59 Å². The van der Waals surface area contributed by atoms with E-state index >= 15 is 0 Å². The fourth-order valence-corrected chi connectivity index (χ4v) is 4.23. The average Bonchev–Trinajstić information content (AvgIpc) is 2.43. The highest BCUT2D eigenvalue weighted by molar-refractivity contribution is 6.63. The van der Waals surface area contributed by atoms with Crippen molar-refractivity contribution in [1.82, 2.24) is 0 Å². The predicted molar refractivity (Wildman–Crippen MR) is 61.2 cm³/mol. The van der Waals surface area contributed by atoms with E-state index in [1.54, 1.807) is 0 Å². The SMILES string of the molecule is CC1C(C(=O)O)C2(Cl)C(=O)C1(Cl)C(Cl)=C2Cl. The number of ketones is 1. The molecule has 3 nitrogen and oxygen atoms in total. The number of carboxylic acids is 1. The molecule has 0 saturated heterocycles. The quantitative estimate of drug-likeness (QED) is 0.758. The minimum absolute atomic E-state index is 0.0548. The molecule has 4 unspecified atom stereocenters. The Morgan fingerprint density at radius 1 is 1.25 bits per heavy atom. The van der Waals surface area contributed by atoms with Crippen molar-refractivity contribution in [3.05, 3.63) is 10.1 Å². The minimum atomic E-state index is -1.81. The molecule has 0 amide bonds. The first-order chi connectivity index (χ1) is 7.20. The second-order valence-corrected chi connectivity index (χ2v) is 5.93. The Balaban J connectivity index is 2.72. The van der Waals surface area contributed by atoms with Crippen molar-refractivity contribution >= 4 is 58.2 Å². The van der Waals surface area contributed by atoms with Gasteiger partial charge in [0.15, 0.2) is 10.7 Å². The molecule has 1 saturated carbocycles. The normalized spacial score (nSPS) is 46.7. The van der Waals surface area contributed by atoms with Gasteiger partial charge < -0.3 is 5.11 Å². The molecule has 2 aliphatic rings. The number of aliphatic carboxylic acids is 1. The molecule has 0 aromatic heterocycles. The number of carboxylic acid groups (broad SMARTS) is 1. The van der Waals surface area contributed by atoms with Gasteiger partial charge in [0.2, 0.25) is 0 Å². The van der Waals surface area contributed by atoms with Crippen molar-refractivity contribution in [3.8, 4) is 0 Å². The van der Waals surface area contributed by atoms with E-state index in [2.05, 4.69) is 0 Å². The topological polar surface area (TPSA) is 54.4 Å². The summed E-state index contributed by atoms with van der Waals surface area (Å²) < 4.78 is 0. The summed E-state index contributed by atoms with van der Waals surface area (Å²) in [6.45, 7) is 1.53. The first-order valence-corrected chi connectivity index (χ1v) is 5.93. The molecule has 0 aliphatic heterocycles. The number of hydrogen-bond acceptors (Lipinski definition) is 2. The zero-order valence-corrected chi connectivity index (χ0v) is 11.0. The average molecular weight is 304 g/mol. The number of fused-ring (bicyclic) bond motifs is 2. The molecule has 0 radical (unpaired) electrons. The maximum atomic E-state index is 12.0. The van der Waals surface area contributed by atoms with Crippen LogP contribution in [0.15, 0.2) is 10.1 Å². The van der Waals surface area contributed by atoms with E-state index in [0.29, 0.717) is 0 Å². The number of hydrogen-bond donors (Lipinski definition) is 1. The van der Waals surface area contributed by atoms with Gasteiger partial charge in [-0.2, -0.15) is 0 Å². The van der Waals surface area contributed by atoms with E-state index in [1.165, 1.54) is 6.92 Å². The molecule has 0 aromatic rings. The monoisotopic (exact) mass is 302 g/mol. The number of halogens is 4. The molecule has 0 heterocycles. The van der Waals surface area contributed by atoms with E-state index in [4.69, 9.17) is 51.5 Å². The van der Waals surface area contributed by atoms with Crippen molar-refractivity contribution in [2.45, 2.75) is 16.7 Å². The van der Waals surface area contributed by atoms with Gasteiger partial charge in [0.25, 0.3) is 0 Å². The van der Waals surface area contributed by atoms with E-state index < -0.39 is 33.3 Å². The number of rotatable bonds is 1. The largest absolute Gasteiger partial charge is 0.481 e. The number of Topliss-reactive ketones (excluding diaryl/α,β-unsaturated/α-hetero) is 1. The van der Waals surface area contributed by atoms with Crippen LogP contribution in [0.2, 0.25) is 0 Å². The molecule has 2 aliphatic carbocycles. The van der Waals surface area contributed by atoms with Gasteiger partial charge >= 0.3 is 5.97 Å². The van der Waals surface area contributed by atoms with Crippen LogP contribution in [0.4, 0.5) is 0 Å². The minimum Gasteiger partial charge on any atom is -0.481 e. The van der Waals surface area contributed by atoms with Crippen LogP contribution in [0, 0.1) is 11.8 Å². The third-order valence-electron chi connectivity index (χ3n) is 3.31. The third-order valence-corrected chi connectivity index (χ3v) is 5.88. The molecule has 16 heavy (non-hydrogen) atoms. The Morgan fingerprint density at radius 2 is 1.69 bits per heavy atom. The van der Waals surface area contributed by atoms with Crippen molar-refractivity contribution < 1.29 is 14.7 Å². The van der Waals surface area contributed by atoms with Gasteiger partial charge in [-0.05, 0) is 0 Å². The second kappa shape index (κ2) is 3.29. The smallest absolute Gasteiger partial charge is 0.309 e. The molecule has 1 N–H and O–H groups in total. The van der Waals surface area contributed by atoms with Crippen LogP contribution in [0.25, 0.3) is 0 Å². The molecule has 2 bridgehead atoms. The van der Waals surface area contributed by atoms with Crippen LogP contribution in [0.1, 0.15) is 6.92 Å². The van der Waals surface area contributed by atoms with Gasteiger partial charge in [-0.15, -0.1) is 23.2 Å². The van der Waals surface area contributed by atoms with Gasteiger partial charge in [0.05, 0.1) is 16.0 Å². The standard InChI is InChI=1S/C9H6Cl4O3/c1-2-3(6(14)15)9(13)5(11)4(10)8(2,12)7(9)16/h2-3H,1H3,(H,14,15). The zero-order chi connectivity index (χ0) is 12.5. The molecular weight excluding hydrogens is 298 g/mol. The lowest BCUT2D eigenvalue weighted by atomic mass is 9.83. The molecule has 0 spiro atoms. The lowest BCUT2D eigenvalue weighted by molar-refractivity contribution is -0.144. The summed E-state index contributed by atoms with van der Waals surface area (Å²) in [5.41, 5.74) is 0. The second-order valence-electron chi connectivity index (χ2n) is 3.99. The third kappa shape index (κ3) is 1.03. The van der Waals surface area contributed by atoms with Gasteiger partial charge in [-0.25, -0.2) is 0 Å². The van der Waals surface area contributed by atoms with E-state index in [-0.39, 0.29) is 10.1 Å². The Bertz CT molecular complexity index is 446. The summed E-state index contributed by atoms with van der Waals surface area (Å²) in [6, 6.07) is 0. The Labute approximate surface area is 111 Å². The van der Waals surface area contributed by atoms with Crippen LogP contribution in [0.5, 0.6) is 0 Å². The van der Waals surface area contributed by atoms with Crippen LogP contribution in [-0.2, 0) is 9.59 Å². The van der Waals surface area contributed by atoms with Crippen LogP contribution >= 0.6 is 46.4 Å². The molecule has 4 atom stereocenters. The molecule has 7 heteroatoms. The van der Waals surface area contributed by atoms with Gasteiger partial charge in [0, 0.05) is 5.92 Å². The van der Waals surface area contributed by atoms with E-state index in [0.717, 1.165) is 0 Å². The Kier molecular flexibility index (Phi) is 2.57. The molecule has 1 fully saturated rings. The maximum absolute atomic E-state index is 12.0. The number of carbonyl (C=O) groups is 2.